The highest BCUT2D eigenvalue weighted by Gasteiger charge is 2.30. The summed E-state index contributed by atoms with van der Waals surface area (Å²) in [6, 6.07) is 18.2. The molecule has 0 aliphatic carbocycles. The summed E-state index contributed by atoms with van der Waals surface area (Å²) in [6.07, 6.45) is 4.31. The fourth-order valence-corrected chi connectivity index (χ4v) is 5.16. The van der Waals surface area contributed by atoms with Gasteiger partial charge in [-0.3, -0.25) is 9.69 Å². The second-order valence-electron chi connectivity index (χ2n) is 7.69. The molecule has 1 atom stereocenters. The van der Waals surface area contributed by atoms with Gasteiger partial charge in [-0.15, -0.1) is 11.3 Å². The minimum Gasteiger partial charge on any atom is -0.313 e. The van der Waals surface area contributed by atoms with Crippen LogP contribution in [0.2, 0.25) is 0 Å². The van der Waals surface area contributed by atoms with Gasteiger partial charge in [-0.2, -0.15) is 0 Å². The molecule has 1 aliphatic heterocycles. The van der Waals surface area contributed by atoms with Crippen molar-refractivity contribution in [1.82, 2.24) is 4.90 Å². The van der Waals surface area contributed by atoms with E-state index < -0.39 is 0 Å². The van der Waals surface area contributed by atoms with Gasteiger partial charge in [0.25, 0.3) is 5.91 Å². The third kappa shape index (κ3) is 4.47. The Kier molecular flexibility index (Phi) is 6.60. The lowest BCUT2D eigenvalue weighted by molar-refractivity contribution is 0.102. The van der Waals surface area contributed by atoms with Gasteiger partial charge in [0.2, 0.25) is 0 Å². The third-order valence-corrected chi connectivity index (χ3v) is 6.88. The van der Waals surface area contributed by atoms with Crippen LogP contribution in [0.4, 0.5) is 9.39 Å². The Morgan fingerprint density at radius 3 is 2.43 bits per heavy atom. The number of nitrogens with one attached hydrogen (secondary N) is 1. The Morgan fingerprint density at radius 1 is 1.03 bits per heavy atom. The van der Waals surface area contributed by atoms with Crippen LogP contribution < -0.4 is 5.32 Å². The summed E-state index contributed by atoms with van der Waals surface area (Å²) in [6.45, 7) is 3.97. The van der Waals surface area contributed by atoms with Gasteiger partial charge in [0.1, 0.15) is 10.8 Å². The summed E-state index contributed by atoms with van der Waals surface area (Å²) in [5, 5.41) is 3.94. The highest BCUT2D eigenvalue weighted by atomic mass is 32.1. The van der Waals surface area contributed by atoms with Gasteiger partial charge >= 0.3 is 0 Å². The van der Waals surface area contributed by atoms with Crippen LogP contribution in [-0.4, -0.2) is 23.9 Å². The van der Waals surface area contributed by atoms with Crippen molar-refractivity contribution in [3.63, 3.8) is 0 Å². The third-order valence-electron chi connectivity index (χ3n) is 5.67. The molecule has 0 bridgehead atoms. The van der Waals surface area contributed by atoms with Crippen molar-refractivity contribution in [3.05, 3.63) is 88.0 Å². The van der Waals surface area contributed by atoms with Crippen LogP contribution in [0.15, 0.2) is 60.7 Å². The van der Waals surface area contributed by atoms with Crippen LogP contribution in [0.1, 0.15) is 58.6 Å². The second-order valence-corrected chi connectivity index (χ2v) is 8.83. The molecule has 1 fully saturated rings. The number of thiophene rings is 1. The number of likely N-dealkylation sites (tertiary alicyclic amines) is 1. The first-order chi connectivity index (χ1) is 14.7. The van der Waals surface area contributed by atoms with Crippen LogP contribution in [0.5, 0.6) is 0 Å². The van der Waals surface area contributed by atoms with Crippen LogP contribution in [0, 0.1) is 5.82 Å². The number of rotatable bonds is 6. The van der Waals surface area contributed by atoms with Crippen molar-refractivity contribution >= 4 is 22.2 Å². The normalized spacial score (nSPS) is 15.7. The monoisotopic (exact) mass is 422 g/mol. The molecule has 1 aliphatic rings. The molecule has 0 radical (unpaired) electrons. The van der Waals surface area contributed by atoms with Crippen molar-refractivity contribution in [2.45, 2.75) is 38.6 Å². The number of piperidine rings is 1. The number of hydrogen-bond acceptors (Lipinski definition) is 3. The van der Waals surface area contributed by atoms with Gasteiger partial charge in [-0.05, 0) is 56.6 Å². The van der Waals surface area contributed by atoms with E-state index in [1.54, 1.807) is 17.4 Å². The second kappa shape index (κ2) is 9.54. The molecule has 1 N–H and O–H groups in total. The van der Waals surface area contributed by atoms with E-state index in [1.165, 1.54) is 17.4 Å². The molecular weight excluding hydrogens is 395 g/mol. The van der Waals surface area contributed by atoms with E-state index in [9.17, 15) is 9.18 Å². The lowest BCUT2D eigenvalue weighted by Crippen LogP contribution is -2.35. The van der Waals surface area contributed by atoms with E-state index in [2.05, 4.69) is 23.2 Å². The maximum absolute atomic E-state index is 14.9. The maximum Gasteiger partial charge on any atom is 0.256 e. The average molecular weight is 423 g/mol. The molecule has 5 heteroatoms. The van der Waals surface area contributed by atoms with Crippen molar-refractivity contribution < 1.29 is 9.18 Å². The number of carbonyl (C=O) groups excluding carboxylic acids is 1. The Morgan fingerprint density at radius 2 is 1.73 bits per heavy atom. The Labute approximate surface area is 181 Å². The molecule has 156 valence electrons. The number of benzene rings is 2. The first kappa shape index (κ1) is 20.8. The van der Waals surface area contributed by atoms with E-state index >= 15 is 0 Å². The van der Waals surface area contributed by atoms with Gasteiger partial charge in [0.05, 0.1) is 6.04 Å². The molecule has 0 unspecified atom stereocenters. The molecule has 4 rings (SSSR count). The molecule has 1 saturated heterocycles. The zero-order valence-corrected chi connectivity index (χ0v) is 18.1. The first-order valence-corrected chi connectivity index (χ1v) is 11.5. The molecule has 0 saturated carbocycles. The maximum atomic E-state index is 14.9. The number of amides is 1. The topological polar surface area (TPSA) is 32.3 Å². The molecule has 2 aromatic carbocycles. The van der Waals surface area contributed by atoms with E-state index in [0.29, 0.717) is 11.1 Å². The van der Waals surface area contributed by atoms with Gasteiger partial charge in [-0.1, -0.05) is 49.7 Å². The summed E-state index contributed by atoms with van der Waals surface area (Å²) in [4.78, 5) is 16.4. The van der Waals surface area contributed by atoms with Crippen LogP contribution in [0.25, 0.3) is 0 Å². The average Bonchev–Trinajstić information content (AvgIpc) is 3.19. The first-order valence-electron chi connectivity index (χ1n) is 10.6. The summed E-state index contributed by atoms with van der Waals surface area (Å²) in [5.74, 6) is -0.329. The van der Waals surface area contributed by atoms with Gasteiger partial charge in [0.15, 0.2) is 0 Å². The Balaban J connectivity index is 1.75. The van der Waals surface area contributed by atoms with Crippen LogP contribution in [-0.2, 0) is 6.42 Å². The van der Waals surface area contributed by atoms with E-state index in [1.807, 2.05) is 42.5 Å². The Hall–Kier alpha value is -2.50. The van der Waals surface area contributed by atoms with Gasteiger partial charge in [0, 0.05) is 21.6 Å². The lowest BCUT2D eigenvalue weighted by Gasteiger charge is -2.35. The largest absolute Gasteiger partial charge is 0.313 e. The van der Waals surface area contributed by atoms with Gasteiger partial charge < -0.3 is 5.32 Å². The summed E-state index contributed by atoms with van der Waals surface area (Å²) >= 11 is 1.59. The highest BCUT2D eigenvalue weighted by Crippen LogP contribution is 2.41. The summed E-state index contributed by atoms with van der Waals surface area (Å²) in [5.41, 5.74) is 2.29. The van der Waals surface area contributed by atoms with Gasteiger partial charge in [-0.25, -0.2) is 4.39 Å². The standard InChI is InChI=1S/C25H27FN2OS/c1-2-19-17-21(25(30-19)27-24(29)18-11-5-3-6-12-18)23(28-15-9-4-10-16-28)20-13-7-8-14-22(20)26/h3,5-8,11-14,17,23H,2,4,9-10,15-16H2,1H3,(H,27,29)/t23-/m1/s1. The Bertz CT molecular complexity index is 995. The van der Waals surface area contributed by atoms with Crippen molar-refractivity contribution in [2.75, 3.05) is 18.4 Å². The number of anilines is 1. The molecule has 30 heavy (non-hydrogen) atoms. The minimum atomic E-state index is -0.200. The van der Waals surface area contributed by atoms with Crippen LogP contribution in [0.3, 0.4) is 0 Å². The molecule has 3 nitrogen and oxygen atoms in total. The van der Waals surface area contributed by atoms with Crippen molar-refractivity contribution in [1.29, 1.82) is 0 Å². The molecule has 0 spiro atoms. The predicted octanol–water partition coefficient (Wildman–Crippen LogP) is 6.28. The molecule has 2 heterocycles. The fraction of sp³-hybridized carbons (Fsp3) is 0.320. The fourth-order valence-electron chi connectivity index (χ4n) is 4.13. The molecule has 1 aromatic heterocycles. The van der Waals surface area contributed by atoms with Crippen molar-refractivity contribution in [2.24, 2.45) is 0 Å². The zero-order chi connectivity index (χ0) is 20.9. The zero-order valence-electron chi connectivity index (χ0n) is 17.2. The van der Waals surface area contributed by atoms with Crippen molar-refractivity contribution in [3.8, 4) is 0 Å². The molecule has 3 aromatic rings. The quantitative estimate of drug-likeness (QED) is 0.507. The number of nitrogens with zero attached hydrogens (tertiary/aromatic N) is 1. The molecular formula is C25H27FN2OS. The summed E-state index contributed by atoms with van der Waals surface area (Å²) in [7, 11) is 0. The predicted molar refractivity (Wildman–Crippen MR) is 122 cm³/mol. The SMILES string of the molecule is CCc1cc([C@@H](c2ccccc2F)N2CCCCC2)c(NC(=O)c2ccccc2)s1. The van der Waals surface area contributed by atoms with E-state index in [0.717, 1.165) is 42.9 Å². The van der Waals surface area contributed by atoms with E-state index in [-0.39, 0.29) is 17.8 Å². The minimum absolute atomic E-state index is 0.132. The number of halogens is 1. The number of carbonyl (C=O) groups is 1. The van der Waals surface area contributed by atoms with Crippen LogP contribution >= 0.6 is 11.3 Å². The molecule has 1 amide bonds. The summed E-state index contributed by atoms with van der Waals surface area (Å²) < 4.78 is 14.9. The van der Waals surface area contributed by atoms with E-state index in [4.69, 9.17) is 0 Å². The number of hydrogen-bond donors (Lipinski definition) is 1. The smallest absolute Gasteiger partial charge is 0.256 e. The highest BCUT2D eigenvalue weighted by molar-refractivity contribution is 7.16. The lowest BCUT2D eigenvalue weighted by atomic mass is 9.95. The number of aryl methyl sites for hydroxylation is 1.